The van der Waals surface area contributed by atoms with E-state index in [2.05, 4.69) is 18.7 Å². The molecule has 1 rings (SSSR count). The van der Waals surface area contributed by atoms with Gasteiger partial charge >= 0.3 is 0 Å². The van der Waals surface area contributed by atoms with Gasteiger partial charge in [0.25, 0.3) is 0 Å². The maximum Gasteiger partial charge on any atom is 0.186 e. The van der Waals surface area contributed by atoms with E-state index < -0.39 is 0 Å². The van der Waals surface area contributed by atoms with Crippen molar-refractivity contribution in [1.82, 2.24) is 0 Å². The molecule has 1 aromatic rings. The number of anilines is 2. The van der Waals surface area contributed by atoms with E-state index in [1.165, 1.54) is 0 Å². The third-order valence-corrected chi connectivity index (χ3v) is 2.63. The van der Waals surface area contributed by atoms with Gasteiger partial charge in [0, 0.05) is 13.1 Å². The first-order valence-corrected chi connectivity index (χ1v) is 5.44. The second-order valence-electron chi connectivity index (χ2n) is 3.41. The van der Waals surface area contributed by atoms with Crippen LogP contribution in [0.1, 0.15) is 13.8 Å². The highest BCUT2D eigenvalue weighted by atomic mass is 16.5. The molecule has 0 aromatic heterocycles. The smallest absolute Gasteiger partial charge is 0.186 e. The van der Waals surface area contributed by atoms with Crippen LogP contribution in [0.4, 0.5) is 11.4 Å². The largest absolute Gasteiger partial charge is 0.493 e. The van der Waals surface area contributed by atoms with Crippen LogP contribution in [-0.4, -0.2) is 27.3 Å². The van der Waals surface area contributed by atoms with Crippen LogP contribution < -0.4 is 20.1 Å². The van der Waals surface area contributed by atoms with E-state index in [0.717, 1.165) is 18.8 Å². The van der Waals surface area contributed by atoms with Gasteiger partial charge in [0.2, 0.25) is 0 Å². The second-order valence-corrected chi connectivity index (χ2v) is 3.41. The molecule has 0 amide bonds. The van der Waals surface area contributed by atoms with Gasteiger partial charge in [-0.3, -0.25) is 0 Å². The van der Waals surface area contributed by atoms with Gasteiger partial charge in [-0.05, 0) is 26.0 Å². The SMILES string of the molecule is CCN(CC)c1c(N)ccc(OC)c1OC. The zero-order chi connectivity index (χ0) is 12.1. The summed E-state index contributed by atoms with van der Waals surface area (Å²) < 4.78 is 10.6. The highest BCUT2D eigenvalue weighted by Gasteiger charge is 2.17. The van der Waals surface area contributed by atoms with Crippen LogP contribution in [0.5, 0.6) is 11.5 Å². The Kier molecular flexibility index (Phi) is 4.28. The first kappa shape index (κ1) is 12.5. The second kappa shape index (κ2) is 5.49. The predicted molar refractivity (Wildman–Crippen MR) is 67.5 cm³/mol. The van der Waals surface area contributed by atoms with Gasteiger partial charge in [-0.15, -0.1) is 0 Å². The highest BCUT2D eigenvalue weighted by molar-refractivity contribution is 5.78. The van der Waals surface area contributed by atoms with Crippen molar-refractivity contribution in [2.45, 2.75) is 13.8 Å². The van der Waals surface area contributed by atoms with Crippen molar-refractivity contribution in [1.29, 1.82) is 0 Å². The zero-order valence-corrected chi connectivity index (χ0v) is 10.4. The number of ether oxygens (including phenoxy) is 2. The Labute approximate surface area is 96.9 Å². The third-order valence-electron chi connectivity index (χ3n) is 2.63. The molecule has 0 aliphatic rings. The summed E-state index contributed by atoms with van der Waals surface area (Å²) in [7, 11) is 3.25. The van der Waals surface area contributed by atoms with Crippen molar-refractivity contribution >= 4 is 11.4 Å². The van der Waals surface area contributed by atoms with E-state index >= 15 is 0 Å². The Morgan fingerprint density at radius 2 is 1.75 bits per heavy atom. The van der Waals surface area contributed by atoms with Gasteiger partial charge in [0.05, 0.1) is 19.9 Å². The Bertz CT molecular complexity index is 349. The van der Waals surface area contributed by atoms with E-state index in [1.807, 2.05) is 12.1 Å². The van der Waals surface area contributed by atoms with Gasteiger partial charge in [-0.1, -0.05) is 0 Å². The fourth-order valence-electron chi connectivity index (χ4n) is 1.79. The van der Waals surface area contributed by atoms with Crippen LogP contribution in [-0.2, 0) is 0 Å². The lowest BCUT2D eigenvalue weighted by molar-refractivity contribution is 0.355. The van der Waals surface area contributed by atoms with Crippen molar-refractivity contribution in [3.63, 3.8) is 0 Å². The molecule has 90 valence electrons. The molecule has 4 nitrogen and oxygen atoms in total. The summed E-state index contributed by atoms with van der Waals surface area (Å²) >= 11 is 0. The molecule has 0 heterocycles. The summed E-state index contributed by atoms with van der Waals surface area (Å²) in [5, 5.41) is 0. The van der Waals surface area contributed by atoms with Gasteiger partial charge in [-0.2, -0.15) is 0 Å². The van der Waals surface area contributed by atoms with Crippen LogP contribution >= 0.6 is 0 Å². The third kappa shape index (κ3) is 2.15. The van der Waals surface area contributed by atoms with E-state index in [4.69, 9.17) is 15.2 Å². The van der Waals surface area contributed by atoms with Crippen LogP contribution in [0.2, 0.25) is 0 Å². The Morgan fingerprint density at radius 1 is 1.12 bits per heavy atom. The zero-order valence-electron chi connectivity index (χ0n) is 10.4. The standard InChI is InChI=1S/C12H20N2O2/c1-5-14(6-2)11-9(13)7-8-10(15-3)12(11)16-4/h7-8H,5-6,13H2,1-4H3. The summed E-state index contributed by atoms with van der Waals surface area (Å²) in [5.41, 5.74) is 7.61. The minimum Gasteiger partial charge on any atom is -0.493 e. The van der Waals surface area contributed by atoms with Gasteiger partial charge in [-0.25, -0.2) is 0 Å². The molecule has 0 spiro atoms. The lowest BCUT2D eigenvalue weighted by Crippen LogP contribution is -2.23. The van der Waals surface area contributed by atoms with Crippen molar-refractivity contribution in [2.75, 3.05) is 37.9 Å². The van der Waals surface area contributed by atoms with Crippen LogP contribution in [0.25, 0.3) is 0 Å². The molecule has 0 aliphatic carbocycles. The van der Waals surface area contributed by atoms with Crippen LogP contribution in [0, 0.1) is 0 Å². The summed E-state index contributed by atoms with van der Waals surface area (Å²) in [6, 6.07) is 3.66. The summed E-state index contributed by atoms with van der Waals surface area (Å²) in [5.74, 6) is 1.41. The van der Waals surface area contributed by atoms with Crippen molar-refractivity contribution in [3.05, 3.63) is 12.1 Å². The van der Waals surface area contributed by atoms with Crippen molar-refractivity contribution < 1.29 is 9.47 Å². The highest BCUT2D eigenvalue weighted by Crippen LogP contribution is 2.41. The number of methoxy groups -OCH3 is 2. The lowest BCUT2D eigenvalue weighted by atomic mass is 10.2. The number of hydrogen-bond donors (Lipinski definition) is 1. The summed E-state index contributed by atoms with van der Waals surface area (Å²) in [6.07, 6.45) is 0. The fraction of sp³-hybridized carbons (Fsp3) is 0.500. The van der Waals surface area contributed by atoms with Crippen molar-refractivity contribution in [2.24, 2.45) is 0 Å². The normalized spacial score (nSPS) is 10.0. The quantitative estimate of drug-likeness (QED) is 0.778. The maximum absolute atomic E-state index is 6.00. The van der Waals surface area contributed by atoms with Crippen LogP contribution in [0.15, 0.2) is 12.1 Å². The van der Waals surface area contributed by atoms with Crippen molar-refractivity contribution in [3.8, 4) is 11.5 Å². The van der Waals surface area contributed by atoms with E-state index in [0.29, 0.717) is 17.2 Å². The minimum atomic E-state index is 0.700. The van der Waals surface area contributed by atoms with E-state index in [9.17, 15) is 0 Å². The molecule has 0 bridgehead atoms. The molecule has 0 saturated heterocycles. The summed E-state index contributed by atoms with van der Waals surface area (Å²) in [6.45, 7) is 5.93. The topological polar surface area (TPSA) is 47.7 Å². The first-order chi connectivity index (χ1) is 7.69. The minimum absolute atomic E-state index is 0.700. The fourth-order valence-corrected chi connectivity index (χ4v) is 1.79. The molecule has 0 saturated carbocycles. The number of rotatable bonds is 5. The average molecular weight is 224 g/mol. The molecule has 0 radical (unpaired) electrons. The van der Waals surface area contributed by atoms with Crippen LogP contribution in [0.3, 0.4) is 0 Å². The Morgan fingerprint density at radius 3 is 2.19 bits per heavy atom. The number of hydrogen-bond acceptors (Lipinski definition) is 4. The maximum atomic E-state index is 6.00. The molecule has 1 aromatic carbocycles. The Hall–Kier alpha value is -1.58. The summed E-state index contributed by atoms with van der Waals surface area (Å²) in [4.78, 5) is 2.15. The van der Waals surface area contributed by atoms with E-state index in [1.54, 1.807) is 14.2 Å². The molecular weight excluding hydrogens is 204 g/mol. The lowest BCUT2D eigenvalue weighted by Gasteiger charge is -2.25. The molecule has 2 N–H and O–H groups in total. The number of nitrogens with zero attached hydrogens (tertiary/aromatic N) is 1. The molecule has 16 heavy (non-hydrogen) atoms. The van der Waals surface area contributed by atoms with E-state index in [-0.39, 0.29) is 0 Å². The van der Waals surface area contributed by atoms with Gasteiger partial charge in [0.1, 0.15) is 5.69 Å². The molecule has 0 atom stereocenters. The monoisotopic (exact) mass is 224 g/mol. The van der Waals surface area contributed by atoms with Gasteiger partial charge in [0.15, 0.2) is 11.5 Å². The predicted octanol–water partition coefficient (Wildman–Crippen LogP) is 2.13. The molecule has 4 heteroatoms. The molecular formula is C12H20N2O2. The van der Waals surface area contributed by atoms with Gasteiger partial charge < -0.3 is 20.1 Å². The molecule has 0 fully saturated rings. The number of nitrogens with two attached hydrogens (primary N) is 1. The average Bonchev–Trinajstić information content (AvgIpc) is 2.32. The first-order valence-electron chi connectivity index (χ1n) is 5.44. The molecule has 0 unspecified atom stereocenters. The Balaban J connectivity index is 3.32. The number of benzene rings is 1. The number of nitrogen functional groups attached to an aromatic ring is 1. The molecule has 0 aliphatic heterocycles.